The van der Waals surface area contributed by atoms with E-state index in [2.05, 4.69) is 4.90 Å². The molecular weight excluding hydrogens is 256 g/mol. The minimum Gasteiger partial charge on any atom is -0.481 e. The Bertz CT molecular complexity index is 455. The van der Waals surface area contributed by atoms with Crippen LogP contribution in [-0.4, -0.2) is 54.5 Å². The van der Waals surface area contributed by atoms with Crippen molar-refractivity contribution >= 4 is 11.9 Å². The number of hydrogen-bond acceptors (Lipinski definition) is 3. The summed E-state index contributed by atoms with van der Waals surface area (Å²) in [7, 11) is 5.68. The van der Waals surface area contributed by atoms with Crippen LogP contribution >= 0.6 is 0 Å². The van der Waals surface area contributed by atoms with Crippen LogP contribution in [0.1, 0.15) is 28.8 Å². The van der Waals surface area contributed by atoms with Crippen molar-refractivity contribution in [3.05, 3.63) is 35.4 Å². The Labute approximate surface area is 119 Å². The van der Waals surface area contributed by atoms with Gasteiger partial charge in [0.05, 0.1) is 0 Å². The first-order valence-corrected chi connectivity index (χ1v) is 6.61. The lowest BCUT2D eigenvalue weighted by Crippen LogP contribution is -2.28. The Morgan fingerprint density at radius 1 is 1.10 bits per heavy atom. The number of nitrogens with zero attached hydrogens (tertiary/aromatic N) is 2. The minimum absolute atomic E-state index is 0.0770. The van der Waals surface area contributed by atoms with E-state index < -0.39 is 5.97 Å². The Balaban J connectivity index is 2.56. The lowest BCUT2D eigenvalue weighted by atomic mass is 10.1. The molecule has 0 aromatic heterocycles. The molecule has 0 aliphatic rings. The molecule has 110 valence electrons. The largest absolute Gasteiger partial charge is 0.481 e. The first-order valence-electron chi connectivity index (χ1n) is 6.61. The van der Waals surface area contributed by atoms with Gasteiger partial charge in [-0.3, -0.25) is 9.59 Å². The van der Waals surface area contributed by atoms with Crippen molar-refractivity contribution in [3.8, 4) is 0 Å². The number of carbonyl (C=O) groups excluding carboxylic acids is 1. The number of benzene rings is 1. The quantitative estimate of drug-likeness (QED) is 0.824. The van der Waals surface area contributed by atoms with Gasteiger partial charge in [-0.1, -0.05) is 12.1 Å². The highest BCUT2D eigenvalue weighted by atomic mass is 16.4. The average Bonchev–Trinajstić information content (AvgIpc) is 2.37. The van der Waals surface area contributed by atoms with Gasteiger partial charge in [-0.15, -0.1) is 0 Å². The topological polar surface area (TPSA) is 60.9 Å². The summed E-state index contributed by atoms with van der Waals surface area (Å²) in [6, 6.07) is 7.51. The maximum absolute atomic E-state index is 12.1. The molecule has 1 rings (SSSR count). The molecule has 0 spiro atoms. The summed E-state index contributed by atoms with van der Waals surface area (Å²) in [5.41, 5.74) is 1.78. The zero-order valence-electron chi connectivity index (χ0n) is 12.3. The summed E-state index contributed by atoms with van der Waals surface area (Å²) < 4.78 is 0. The van der Waals surface area contributed by atoms with E-state index in [4.69, 9.17) is 5.11 Å². The highest BCUT2D eigenvalue weighted by molar-refractivity contribution is 5.94. The summed E-state index contributed by atoms with van der Waals surface area (Å²) in [5.74, 6) is -0.911. The van der Waals surface area contributed by atoms with E-state index in [9.17, 15) is 9.59 Å². The van der Waals surface area contributed by atoms with Gasteiger partial charge in [0, 0.05) is 32.1 Å². The van der Waals surface area contributed by atoms with Gasteiger partial charge in [0.25, 0.3) is 5.91 Å². The Kier molecular flexibility index (Phi) is 6.18. The maximum atomic E-state index is 12.1. The first-order chi connectivity index (χ1) is 9.40. The third-order valence-corrected chi connectivity index (χ3v) is 2.93. The van der Waals surface area contributed by atoms with Crippen molar-refractivity contribution in [1.29, 1.82) is 0 Å². The smallest absolute Gasteiger partial charge is 0.303 e. The van der Waals surface area contributed by atoms with E-state index in [1.807, 2.05) is 38.4 Å². The van der Waals surface area contributed by atoms with Gasteiger partial charge in [-0.2, -0.15) is 0 Å². The fraction of sp³-hybridized carbons (Fsp3) is 0.467. The molecule has 5 heteroatoms. The third-order valence-electron chi connectivity index (χ3n) is 2.93. The molecule has 0 fully saturated rings. The predicted molar refractivity (Wildman–Crippen MR) is 77.7 cm³/mol. The van der Waals surface area contributed by atoms with E-state index in [0.29, 0.717) is 18.5 Å². The predicted octanol–water partition coefficient (Wildman–Crippen LogP) is 1.68. The highest BCUT2D eigenvalue weighted by Gasteiger charge is 2.11. The van der Waals surface area contributed by atoms with Gasteiger partial charge >= 0.3 is 5.97 Å². The van der Waals surface area contributed by atoms with Crippen LogP contribution in [-0.2, 0) is 11.3 Å². The standard InChI is InChI=1S/C15H22N2O3/c1-16(2)11-12-6-8-13(9-7-12)15(20)17(3)10-4-5-14(18)19/h6-9H,4-5,10-11H2,1-3H3,(H,18,19). The zero-order valence-corrected chi connectivity index (χ0v) is 12.3. The maximum Gasteiger partial charge on any atom is 0.303 e. The molecule has 5 nitrogen and oxygen atoms in total. The number of carbonyl (C=O) groups is 2. The van der Waals surface area contributed by atoms with Crippen LogP contribution in [0.15, 0.2) is 24.3 Å². The zero-order chi connectivity index (χ0) is 15.1. The number of amides is 1. The molecular formula is C15H22N2O3. The molecule has 0 aliphatic carbocycles. The van der Waals surface area contributed by atoms with Gasteiger partial charge in [0.2, 0.25) is 0 Å². The van der Waals surface area contributed by atoms with Gasteiger partial charge in [0.15, 0.2) is 0 Å². The molecule has 1 aromatic rings. The fourth-order valence-electron chi connectivity index (χ4n) is 1.91. The van der Waals surface area contributed by atoms with Gasteiger partial charge < -0.3 is 14.9 Å². The molecule has 1 aromatic carbocycles. The summed E-state index contributed by atoms with van der Waals surface area (Å²) >= 11 is 0. The Morgan fingerprint density at radius 3 is 2.20 bits per heavy atom. The average molecular weight is 278 g/mol. The molecule has 0 aliphatic heterocycles. The minimum atomic E-state index is -0.834. The number of rotatable bonds is 7. The van der Waals surface area contributed by atoms with Crippen molar-refractivity contribution in [2.24, 2.45) is 0 Å². The Hall–Kier alpha value is -1.88. The molecule has 0 heterocycles. The van der Waals surface area contributed by atoms with E-state index in [-0.39, 0.29) is 12.3 Å². The molecule has 0 unspecified atom stereocenters. The molecule has 1 amide bonds. The van der Waals surface area contributed by atoms with Crippen LogP contribution in [0.3, 0.4) is 0 Å². The highest BCUT2D eigenvalue weighted by Crippen LogP contribution is 2.09. The number of carboxylic acids is 1. The number of aliphatic carboxylic acids is 1. The van der Waals surface area contributed by atoms with Crippen LogP contribution in [0.4, 0.5) is 0 Å². The lowest BCUT2D eigenvalue weighted by Gasteiger charge is -2.17. The molecule has 0 atom stereocenters. The summed E-state index contributed by atoms with van der Waals surface area (Å²) in [4.78, 5) is 26.2. The normalized spacial score (nSPS) is 10.6. The van der Waals surface area contributed by atoms with Crippen molar-refractivity contribution in [2.45, 2.75) is 19.4 Å². The monoisotopic (exact) mass is 278 g/mol. The van der Waals surface area contributed by atoms with Crippen LogP contribution < -0.4 is 0 Å². The first kappa shape index (κ1) is 16.2. The van der Waals surface area contributed by atoms with Crippen LogP contribution in [0.5, 0.6) is 0 Å². The van der Waals surface area contributed by atoms with E-state index in [0.717, 1.165) is 12.1 Å². The Morgan fingerprint density at radius 2 is 1.70 bits per heavy atom. The number of carboxylic acid groups (broad SMARTS) is 1. The van der Waals surface area contributed by atoms with Crippen molar-refractivity contribution in [3.63, 3.8) is 0 Å². The van der Waals surface area contributed by atoms with Crippen molar-refractivity contribution < 1.29 is 14.7 Å². The van der Waals surface area contributed by atoms with Crippen molar-refractivity contribution in [2.75, 3.05) is 27.7 Å². The second-order valence-electron chi connectivity index (χ2n) is 5.16. The fourth-order valence-corrected chi connectivity index (χ4v) is 1.91. The SMILES string of the molecule is CN(C)Cc1ccc(C(=O)N(C)CCCC(=O)O)cc1. The number of hydrogen-bond donors (Lipinski definition) is 1. The van der Waals surface area contributed by atoms with Crippen molar-refractivity contribution in [1.82, 2.24) is 9.80 Å². The van der Waals surface area contributed by atoms with E-state index >= 15 is 0 Å². The molecule has 0 bridgehead atoms. The molecule has 20 heavy (non-hydrogen) atoms. The molecule has 0 saturated heterocycles. The lowest BCUT2D eigenvalue weighted by molar-refractivity contribution is -0.137. The van der Waals surface area contributed by atoms with Crippen LogP contribution in [0.2, 0.25) is 0 Å². The molecule has 0 saturated carbocycles. The van der Waals surface area contributed by atoms with Gasteiger partial charge in [-0.25, -0.2) is 0 Å². The summed E-state index contributed by atoms with van der Waals surface area (Å²) in [6.45, 7) is 1.29. The summed E-state index contributed by atoms with van der Waals surface area (Å²) in [6.07, 6.45) is 0.551. The van der Waals surface area contributed by atoms with Gasteiger partial charge in [0.1, 0.15) is 0 Å². The van der Waals surface area contributed by atoms with E-state index in [1.165, 1.54) is 0 Å². The molecule has 1 N–H and O–H groups in total. The second kappa shape index (κ2) is 7.65. The van der Waals surface area contributed by atoms with Crippen LogP contribution in [0.25, 0.3) is 0 Å². The van der Waals surface area contributed by atoms with Gasteiger partial charge in [-0.05, 0) is 38.2 Å². The summed E-state index contributed by atoms with van der Waals surface area (Å²) in [5, 5.41) is 8.58. The van der Waals surface area contributed by atoms with Crippen LogP contribution in [0, 0.1) is 0 Å². The second-order valence-corrected chi connectivity index (χ2v) is 5.16. The molecule has 0 radical (unpaired) electrons. The third kappa shape index (κ3) is 5.40. The van der Waals surface area contributed by atoms with E-state index in [1.54, 1.807) is 11.9 Å².